The topological polar surface area (TPSA) is 57.6 Å². The lowest BCUT2D eigenvalue weighted by atomic mass is 9.77. The number of nitrogens with zero attached hydrogens (tertiary/aromatic N) is 1. The van der Waals surface area contributed by atoms with Gasteiger partial charge in [0.15, 0.2) is 0 Å². The van der Waals surface area contributed by atoms with Crippen LogP contribution in [0.2, 0.25) is 0 Å². The molecule has 2 aromatic rings. The van der Waals surface area contributed by atoms with E-state index in [2.05, 4.69) is 18.2 Å². The van der Waals surface area contributed by atoms with Gasteiger partial charge >= 0.3 is 5.97 Å². The van der Waals surface area contributed by atoms with Crippen molar-refractivity contribution >= 4 is 11.9 Å². The van der Waals surface area contributed by atoms with Gasteiger partial charge in [0.25, 0.3) is 0 Å². The molecule has 2 aromatic carbocycles. The van der Waals surface area contributed by atoms with Gasteiger partial charge in [-0.2, -0.15) is 0 Å². The lowest BCUT2D eigenvalue weighted by molar-refractivity contribution is -0.132. The molecule has 4 heteroatoms. The number of carbonyl (C=O) groups excluding carboxylic acids is 1. The standard InChI is InChI=1S/C22H23NO3/c24-20(12-11-15-5-1-2-10-19(15)22(25)26)23-13-17-8-3-6-16-7-4-9-18(14-23)21(16)17/h1-3,5-6,8,10,18H,4,7,9,11-14H2,(H,25,26). The van der Waals surface area contributed by atoms with E-state index in [1.54, 1.807) is 18.2 Å². The van der Waals surface area contributed by atoms with Crippen molar-refractivity contribution in [3.05, 3.63) is 70.3 Å². The number of carbonyl (C=O) groups is 2. The van der Waals surface area contributed by atoms with Gasteiger partial charge < -0.3 is 10.0 Å². The molecule has 1 N–H and O–H groups in total. The molecule has 1 aliphatic carbocycles. The minimum atomic E-state index is -0.935. The maximum Gasteiger partial charge on any atom is 0.335 e. The van der Waals surface area contributed by atoms with Crippen LogP contribution in [0.15, 0.2) is 42.5 Å². The van der Waals surface area contributed by atoms with E-state index in [1.165, 1.54) is 23.1 Å². The Kier molecular flexibility index (Phi) is 4.49. The number of benzene rings is 2. The SMILES string of the molecule is O=C(O)c1ccccc1CCC(=O)N1Cc2cccc3c2C(CCC3)C1. The molecule has 1 aliphatic heterocycles. The van der Waals surface area contributed by atoms with Crippen molar-refractivity contribution in [3.8, 4) is 0 Å². The van der Waals surface area contributed by atoms with Crippen LogP contribution in [0.1, 0.15) is 57.8 Å². The highest BCUT2D eigenvalue weighted by atomic mass is 16.4. The number of rotatable bonds is 4. The maximum atomic E-state index is 12.8. The Hall–Kier alpha value is -2.62. The molecule has 0 spiro atoms. The molecule has 1 atom stereocenters. The lowest BCUT2D eigenvalue weighted by Crippen LogP contribution is -2.39. The monoisotopic (exact) mass is 349 g/mol. The second-order valence-electron chi connectivity index (χ2n) is 7.32. The van der Waals surface area contributed by atoms with Gasteiger partial charge in [0, 0.05) is 25.4 Å². The number of aryl methyl sites for hydroxylation is 2. The smallest absolute Gasteiger partial charge is 0.335 e. The number of hydrogen-bond donors (Lipinski definition) is 1. The van der Waals surface area contributed by atoms with Crippen LogP contribution in [0.5, 0.6) is 0 Å². The average Bonchev–Trinajstić information content (AvgIpc) is 2.66. The average molecular weight is 349 g/mol. The first-order valence-corrected chi connectivity index (χ1v) is 9.33. The number of aromatic carboxylic acids is 1. The summed E-state index contributed by atoms with van der Waals surface area (Å²) in [6.07, 6.45) is 4.31. The molecule has 0 radical (unpaired) electrons. The lowest BCUT2D eigenvalue weighted by Gasteiger charge is -2.38. The van der Waals surface area contributed by atoms with Crippen LogP contribution >= 0.6 is 0 Å². The molecule has 0 bridgehead atoms. The normalized spacial score (nSPS) is 18.3. The fourth-order valence-corrected chi connectivity index (χ4v) is 4.49. The fraction of sp³-hybridized carbons (Fsp3) is 0.364. The Morgan fingerprint density at radius 1 is 1.08 bits per heavy atom. The highest BCUT2D eigenvalue weighted by Crippen LogP contribution is 2.38. The predicted molar refractivity (Wildman–Crippen MR) is 99.3 cm³/mol. The van der Waals surface area contributed by atoms with E-state index < -0.39 is 5.97 Å². The van der Waals surface area contributed by atoms with E-state index in [1.807, 2.05) is 11.0 Å². The molecule has 0 fully saturated rings. The molecule has 2 aliphatic rings. The van der Waals surface area contributed by atoms with E-state index in [0.717, 1.165) is 24.9 Å². The molecule has 0 saturated heterocycles. The van der Waals surface area contributed by atoms with Crippen LogP contribution < -0.4 is 0 Å². The molecule has 0 saturated carbocycles. The van der Waals surface area contributed by atoms with Crippen LogP contribution in [-0.4, -0.2) is 28.4 Å². The second kappa shape index (κ2) is 6.94. The van der Waals surface area contributed by atoms with Crippen LogP contribution in [0.25, 0.3) is 0 Å². The van der Waals surface area contributed by atoms with Crippen molar-refractivity contribution < 1.29 is 14.7 Å². The zero-order chi connectivity index (χ0) is 18.1. The van der Waals surface area contributed by atoms with E-state index in [9.17, 15) is 14.7 Å². The Labute approximate surface area is 153 Å². The van der Waals surface area contributed by atoms with Crippen LogP contribution in [0.4, 0.5) is 0 Å². The van der Waals surface area contributed by atoms with Gasteiger partial charge in [-0.05, 0) is 54.0 Å². The van der Waals surface area contributed by atoms with Crippen molar-refractivity contribution in [2.24, 2.45) is 0 Å². The summed E-state index contributed by atoms with van der Waals surface area (Å²) in [6, 6.07) is 13.4. The van der Waals surface area contributed by atoms with Gasteiger partial charge in [0.05, 0.1) is 5.56 Å². The van der Waals surface area contributed by atoms with Gasteiger partial charge in [0.1, 0.15) is 0 Å². The fourth-order valence-electron chi connectivity index (χ4n) is 4.49. The molecule has 4 nitrogen and oxygen atoms in total. The molecule has 1 unspecified atom stereocenters. The molecule has 1 heterocycles. The predicted octanol–water partition coefficient (Wildman–Crippen LogP) is 3.78. The van der Waals surface area contributed by atoms with E-state index in [0.29, 0.717) is 30.9 Å². The first-order chi connectivity index (χ1) is 12.6. The van der Waals surface area contributed by atoms with Crippen LogP contribution in [0, 0.1) is 0 Å². The zero-order valence-corrected chi connectivity index (χ0v) is 14.8. The van der Waals surface area contributed by atoms with Crippen molar-refractivity contribution in [2.45, 2.75) is 44.6 Å². The van der Waals surface area contributed by atoms with Crippen LogP contribution in [0.3, 0.4) is 0 Å². The summed E-state index contributed by atoms with van der Waals surface area (Å²) in [7, 11) is 0. The quantitative estimate of drug-likeness (QED) is 0.914. The maximum absolute atomic E-state index is 12.8. The zero-order valence-electron chi connectivity index (χ0n) is 14.8. The summed E-state index contributed by atoms with van der Waals surface area (Å²) in [4.78, 5) is 26.1. The number of hydrogen-bond acceptors (Lipinski definition) is 2. The van der Waals surface area contributed by atoms with Gasteiger partial charge in [-0.3, -0.25) is 4.79 Å². The molecule has 1 amide bonds. The van der Waals surface area contributed by atoms with Gasteiger partial charge in [-0.1, -0.05) is 36.4 Å². The summed E-state index contributed by atoms with van der Waals surface area (Å²) in [6.45, 7) is 1.47. The third kappa shape index (κ3) is 3.12. The summed E-state index contributed by atoms with van der Waals surface area (Å²) in [5.74, 6) is -0.361. The molecule has 26 heavy (non-hydrogen) atoms. The molecule has 134 valence electrons. The van der Waals surface area contributed by atoms with Crippen molar-refractivity contribution in [1.82, 2.24) is 4.90 Å². The highest BCUT2D eigenvalue weighted by molar-refractivity contribution is 5.89. The number of carboxylic acid groups (broad SMARTS) is 1. The largest absolute Gasteiger partial charge is 0.478 e. The van der Waals surface area contributed by atoms with Gasteiger partial charge in [0.2, 0.25) is 5.91 Å². The highest BCUT2D eigenvalue weighted by Gasteiger charge is 2.31. The first kappa shape index (κ1) is 16.8. The Morgan fingerprint density at radius 2 is 1.88 bits per heavy atom. The third-order valence-electron chi connectivity index (χ3n) is 5.70. The van der Waals surface area contributed by atoms with Crippen molar-refractivity contribution in [2.75, 3.05) is 6.54 Å². The van der Waals surface area contributed by atoms with Crippen molar-refractivity contribution in [3.63, 3.8) is 0 Å². The molecule has 0 aromatic heterocycles. The molecule has 4 rings (SSSR count). The third-order valence-corrected chi connectivity index (χ3v) is 5.70. The Morgan fingerprint density at radius 3 is 2.73 bits per heavy atom. The minimum Gasteiger partial charge on any atom is -0.478 e. The van der Waals surface area contributed by atoms with Crippen LogP contribution in [-0.2, 0) is 24.2 Å². The van der Waals surface area contributed by atoms with E-state index in [-0.39, 0.29) is 5.91 Å². The summed E-state index contributed by atoms with van der Waals surface area (Å²) >= 11 is 0. The summed E-state index contributed by atoms with van der Waals surface area (Å²) in [5.41, 5.74) is 5.25. The molecular weight excluding hydrogens is 326 g/mol. The molecular formula is C22H23NO3. The van der Waals surface area contributed by atoms with Crippen molar-refractivity contribution in [1.29, 1.82) is 0 Å². The minimum absolute atomic E-state index is 0.117. The number of carboxylic acids is 1. The second-order valence-corrected chi connectivity index (χ2v) is 7.32. The van der Waals surface area contributed by atoms with Gasteiger partial charge in [-0.15, -0.1) is 0 Å². The summed E-state index contributed by atoms with van der Waals surface area (Å²) < 4.78 is 0. The number of amides is 1. The Bertz CT molecular complexity index is 858. The van der Waals surface area contributed by atoms with Gasteiger partial charge in [-0.25, -0.2) is 4.79 Å². The Balaban J connectivity index is 1.48. The summed E-state index contributed by atoms with van der Waals surface area (Å²) in [5, 5.41) is 9.29. The van der Waals surface area contributed by atoms with E-state index in [4.69, 9.17) is 0 Å². The first-order valence-electron chi connectivity index (χ1n) is 9.33. The van der Waals surface area contributed by atoms with E-state index >= 15 is 0 Å².